The van der Waals surface area contributed by atoms with Gasteiger partial charge >= 0.3 is 0 Å². The van der Waals surface area contributed by atoms with Gasteiger partial charge in [0.05, 0.1) is 0 Å². The normalized spacial score (nSPS) is 29.5. The number of nitrogens with one attached hydrogen (secondary N) is 1. The monoisotopic (exact) mass is 183 g/mol. The molecule has 1 N–H and O–H groups in total. The maximum Gasteiger partial charge on any atom is 0.00954 e. The van der Waals surface area contributed by atoms with Crippen molar-refractivity contribution in [2.24, 2.45) is 11.3 Å². The third kappa shape index (κ3) is 3.68. The minimum absolute atomic E-state index is 0.503. The number of hydrogen-bond donors (Lipinski definition) is 1. The molecule has 0 aromatic rings. The van der Waals surface area contributed by atoms with Gasteiger partial charge in [0, 0.05) is 6.04 Å². The molecule has 0 bridgehead atoms. The highest BCUT2D eigenvalue weighted by atomic mass is 14.9. The van der Waals surface area contributed by atoms with Crippen molar-refractivity contribution in [3.63, 3.8) is 0 Å². The molecule has 1 nitrogen and oxygen atoms in total. The lowest BCUT2D eigenvalue weighted by atomic mass is 9.82. The van der Waals surface area contributed by atoms with E-state index in [-0.39, 0.29) is 0 Å². The van der Waals surface area contributed by atoms with Crippen molar-refractivity contribution in [1.82, 2.24) is 5.32 Å². The van der Waals surface area contributed by atoms with E-state index in [2.05, 4.69) is 33.0 Å². The Hall–Kier alpha value is -0.0400. The average Bonchev–Trinajstić information content (AvgIpc) is 2.34. The molecule has 0 aromatic heterocycles. The molecule has 1 saturated carbocycles. The standard InChI is InChI=1S/C12H25N/c1-5-13-11-8-6-7-10(11)9-12(2,3)4/h10-11,13H,5-9H2,1-4H3. The van der Waals surface area contributed by atoms with Gasteiger partial charge in [0.15, 0.2) is 0 Å². The molecular weight excluding hydrogens is 158 g/mol. The van der Waals surface area contributed by atoms with Crippen LogP contribution in [0.3, 0.4) is 0 Å². The first-order valence-corrected chi connectivity index (χ1v) is 5.76. The molecule has 0 spiro atoms. The molecule has 1 rings (SSSR count). The topological polar surface area (TPSA) is 12.0 Å². The fourth-order valence-corrected chi connectivity index (χ4v) is 2.60. The molecule has 1 heteroatoms. The van der Waals surface area contributed by atoms with E-state index in [0.29, 0.717) is 5.41 Å². The maximum atomic E-state index is 3.62. The van der Waals surface area contributed by atoms with Gasteiger partial charge in [-0.1, -0.05) is 34.1 Å². The lowest BCUT2D eigenvalue weighted by molar-refractivity contribution is 0.262. The highest BCUT2D eigenvalue weighted by Gasteiger charge is 2.29. The third-order valence-electron chi connectivity index (χ3n) is 3.00. The Morgan fingerprint density at radius 3 is 2.46 bits per heavy atom. The van der Waals surface area contributed by atoms with Crippen molar-refractivity contribution in [2.45, 2.75) is 59.4 Å². The summed E-state index contributed by atoms with van der Waals surface area (Å²) in [5, 5.41) is 3.62. The molecule has 0 aliphatic heterocycles. The van der Waals surface area contributed by atoms with E-state index in [9.17, 15) is 0 Å². The summed E-state index contributed by atoms with van der Waals surface area (Å²) < 4.78 is 0. The van der Waals surface area contributed by atoms with Crippen LogP contribution in [-0.2, 0) is 0 Å². The molecule has 2 unspecified atom stereocenters. The van der Waals surface area contributed by atoms with E-state index in [4.69, 9.17) is 0 Å². The second-order valence-corrected chi connectivity index (χ2v) is 5.62. The van der Waals surface area contributed by atoms with E-state index in [1.54, 1.807) is 0 Å². The summed E-state index contributed by atoms with van der Waals surface area (Å²) >= 11 is 0. The largest absolute Gasteiger partial charge is 0.314 e. The van der Waals surface area contributed by atoms with Gasteiger partial charge in [-0.3, -0.25) is 0 Å². The number of rotatable bonds is 3. The first-order chi connectivity index (χ1) is 6.03. The Kier molecular flexibility index (Phi) is 3.78. The quantitative estimate of drug-likeness (QED) is 0.708. The van der Waals surface area contributed by atoms with Crippen LogP contribution in [0.1, 0.15) is 53.4 Å². The summed E-state index contributed by atoms with van der Waals surface area (Å²) in [4.78, 5) is 0. The Morgan fingerprint density at radius 2 is 1.92 bits per heavy atom. The molecule has 1 fully saturated rings. The second-order valence-electron chi connectivity index (χ2n) is 5.62. The lowest BCUT2D eigenvalue weighted by Gasteiger charge is -2.27. The molecule has 13 heavy (non-hydrogen) atoms. The van der Waals surface area contributed by atoms with Gasteiger partial charge in [0.1, 0.15) is 0 Å². The van der Waals surface area contributed by atoms with Gasteiger partial charge in [0.2, 0.25) is 0 Å². The zero-order valence-corrected chi connectivity index (χ0v) is 9.69. The van der Waals surface area contributed by atoms with Crippen molar-refractivity contribution < 1.29 is 0 Å². The highest BCUT2D eigenvalue weighted by molar-refractivity contribution is 4.85. The summed E-state index contributed by atoms with van der Waals surface area (Å²) in [5.74, 6) is 0.931. The zero-order valence-electron chi connectivity index (χ0n) is 9.69. The van der Waals surface area contributed by atoms with Crippen LogP contribution in [0.25, 0.3) is 0 Å². The molecule has 2 atom stereocenters. The molecule has 0 radical (unpaired) electrons. The van der Waals surface area contributed by atoms with Gasteiger partial charge in [-0.15, -0.1) is 0 Å². The van der Waals surface area contributed by atoms with Gasteiger partial charge in [-0.2, -0.15) is 0 Å². The predicted molar refractivity (Wildman–Crippen MR) is 58.9 cm³/mol. The van der Waals surface area contributed by atoms with E-state index in [0.717, 1.165) is 18.5 Å². The van der Waals surface area contributed by atoms with Crippen LogP contribution in [0, 0.1) is 11.3 Å². The first kappa shape index (κ1) is 11.0. The molecule has 78 valence electrons. The molecule has 0 aromatic carbocycles. The van der Waals surface area contributed by atoms with Crippen LogP contribution in [0.15, 0.2) is 0 Å². The lowest BCUT2D eigenvalue weighted by Crippen LogP contribution is -2.33. The Morgan fingerprint density at radius 1 is 1.23 bits per heavy atom. The van der Waals surface area contributed by atoms with Gasteiger partial charge in [0.25, 0.3) is 0 Å². The Bertz CT molecular complexity index is 146. The van der Waals surface area contributed by atoms with Crippen LogP contribution in [0.2, 0.25) is 0 Å². The van der Waals surface area contributed by atoms with Crippen molar-refractivity contribution in [2.75, 3.05) is 6.54 Å². The minimum Gasteiger partial charge on any atom is -0.314 e. The van der Waals surface area contributed by atoms with E-state index in [1.165, 1.54) is 25.7 Å². The summed E-state index contributed by atoms with van der Waals surface area (Å²) in [7, 11) is 0. The van der Waals surface area contributed by atoms with Gasteiger partial charge < -0.3 is 5.32 Å². The zero-order chi connectivity index (χ0) is 9.90. The SMILES string of the molecule is CCNC1CCCC1CC(C)(C)C. The maximum absolute atomic E-state index is 3.62. The molecule has 1 aliphatic rings. The van der Waals surface area contributed by atoms with E-state index >= 15 is 0 Å². The summed E-state index contributed by atoms with van der Waals surface area (Å²) in [6.07, 6.45) is 5.65. The first-order valence-electron chi connectivity index (χ1n) is 5.76. The van der Waals surface area contributed by atoms with Crippen LogP contribution in [0.5, 0.6) is 0 Å². The fourth-order valence-electron chi connectivity index (χ4n) is 2.60. The Balaban J connectivity index is 2.39. The summed E-state index contributed by atoms with van der Waals surface area (Å²) in [6, 6.07) is 0.809. The van der Waals surface area contributed by atoms with Crippen LogP contribution in [-0.4, -0.2) is 12.6 Å². The van der Waals surface area contributed by atoms with E-state index in [1.807, 2.05) is 0 Å². The second kappa shape index (κ2) is 4.45. The van der Waals surface area contributed by atoms with Gasteiger partial charge in [-0.05, 0) is 37.1 Å². The summed E-state index contributed by atoms with van der Waals surface area (Å²) in [6.45, 7) is 10.4. The molecular formula is C12H25N. The highest BCUT2D eigenvalue weighted by Crippen LogP contribution is 2.35. The van der Waals surface area contributed by atoms with Crippen molar-refractivity contribution in [3.05, 3.63) is 0 Å². The molecule has 1 aliphatic carbocycles. The third-order valence-corrected chi connectivity index (χ3v) is 3.00. The molecule has 0 heterocycles. The van der Waals surface area contributed by atoms with Crippen LogP contribution < -0.4 is 5.32 Å². The van der Waals surface area contributed by atoms with Crippen molar-refractivity contribution in [3.8, 4) is 0 Å². The van der Waals surface area contributed by atoms with Crippen LogP contribution >= 0.6 is 0 Å². The number of hydrogen-bond acceptors (Lipinski definition) is 1. The molecule has 0 saturated heterocycles. The minimum atomic E-state index is 0.503. The molecule has 0 amide bonds. The fraction of sp³-hybridized carbons (Fsp3) is 1.00. The van der Waals surface area contributed by atoms with Gasteiger partial charge in [-0.25, -0.2) is 0 Å². The van der Waals surface area contributed by atoms with Crippen molar-refractivity contribution >= 4 is 0 Å². The van der Waals surface area contributed by atoms with Crippen LogP contribution in [0.4, 0.5) is 0 Å². The van der Waals surface area contributed by atoms with E-state index < -0.39 is 0 Å². The van der Waals surface area contributed by atoms with Crippen molar-refractivity contribution in [1.29, 1.82) is 0 Å². The Labute approximate surface area is 83.3 Å². The smallest absolute Gasteiger partial charge is 0.00954 e. The predicted octanol–water partition coefficient (Wildman–Crippen LogP) is 3.20. The summed E-state index contributed by atoms with van der Waals surface area (Å²) in [5.41, 5.74) is 0.503. The average molecular weight is 183 g/mol.